The number of rotatable bonds is 4. The summed E-state index contributed by atoms with van der Waals surface area (Å²) in [5.41, 5.74) is 3.74. The van der Waals surface area contributed by atoms with Gasteiger partial charge in [0.1, 0.15) is 0 Å². The standard InChI is InChI=1S/C20H25NO4S2/c1-14-10-15(2)12-17(11-14)19-6-5-9-21(19)27(24,25)20-13-18(26(4,22)23)8-7-16(20)3/h7-8,10-13,19H,5-6,9H2,1-4H3. The number of benzene rings is 2. The third kappa shape index (κ3) is 3.95. The highest BCUT2D eigenvalue weighted by Crippen LogP contribution is 2.38. The molecule has 0 N–H and O–H groups in total. The lowest BCUT2D eigenvalue weighted by Gasteiger charge is -2.26. The van der Waals surface area contributed by atoms with Crippen LogP contribution in [0, 0.1) is 20.8 Å². The van der Waals surface area contributed by atoms with Crippen LogP contribution in [0.1, 0.15) is 41.1 Å². The van der Waals surface area contributed by atoms with Crippen molar-refractivity contribution in [2.24, 2.45) is 0 Å². The zero-order valence-corrected chi connectivity index (χ0v) is 17.7. The average Bonchev–Trinajstić information content (AvgIpc) is 3.03. The zero-order valence-electron chi connectivity index (χ0n) is 16.1. The van der Waals surface area contributed by atoms with Crippen LogP contribution in [-0.2, 0) is 19.9 Å². The summed E-state index contributed by atoms with van der Waals surface area (Å²) in [6, 6.07) is 10.2. The van der Waals surface area contributed by atoms with E-state index >= 15 is 0 Å². The van der Waals surface area contributed by atoms with E-state index < -0.39 is 19.9 Å². The molecule has 1 fully saturated rings. The van der Waals surface area contributed by atoms with E-state index in [4.69, 9.17) is 0 Å². The number of sulfone groups is 1. The fraction of sp³-hybridized carbons (Fsp3) is 0.400. The van der Waals surface area contributed by atoms with Gasteiger partial charge in [0.2, 0.25) is 10.0 Å². The Morgan fingerprint density at radius 3 is 2.15 bits per heavy atom. The van der Waals surface area contributed by atoms with Gasteiger partial charge >= 0.3 is 0 Å². The first kappa shape index (κ1) is 20.0. The van der Waals surface area contributed by atoms with Crippen LogP contribution in [0.5, 0.6) is 0 Å². The quantitative estimate of drug-likeness (QED) is 0.777. The number of sulfonamides is 1. The molecule has 1 atom stereocenters. The van der Waals surface area contributed by atoms with Crippen LogP contribution in [0.15, 0.2) is 46.2 Å². The minimum absolute atomic E-state index is 0.0221. The first-order valence-corrected chi connectivity index (χ1v) is 12.2. The minimum Gasteiger partial charge on any atom is -0.224 e. The Morgan fingerprint density at radius 2 is 1.56 bits per heavy atom. The molecule has 0 radical (unpaired) electrons. The molecule has 7 heteroatoms. The third-order valence-electron chi connectivity index (χ3n) is 5.01. The normalized spacial score (nSPS) is 18.7. The highest BCUT2D eigenvalue weighted by atomic mass is 32.2. The summed E-state index contributed by atoms with van der Waals surface area (Å²) in [4.78, 5) is 0.0931. The van der Waals surface area contributed by atoms with Crippen molar-refractivity contribution in [2.75, 3.05) is 12.8 Å². The monoisotopic (exact) mass is 407 g/mol. The van der Waals surface area contributed by atoms with Crippen molar-refractivity contribution in [3.05, 3.63) is 58.7 Å². The van der Waals surface area contributed by atoms with E-state index in [9.17, 15) is 16.8 Å². The molecule has 5 nitrogen and oxygen atoms in total. The molecule has 0 spiro atoms. The number of hydrogen-bond acceptors (Lipinski definition) is 4. The van der Waals surface area contributed by atoms with Gasteiger partial charge in [0.15, 0.2) is 9.84 Å². The van der Waals surface area contributed by atoms with Gasteiger partial charge < -0.3 is 0 Å². The molecule has 1 heterocycles. The summed E-state index contributed by atoms with van der Waals surface area (Å²) in [6.45, 7) is 6.14. The topological polar surface area (TPSA) is 71.5 Å². The second-order valence-electron chi connectivity index (χ2n) is 7.39. The fourth-order valence-electron chi connectivity index (χ4n) is 3.78. The Kier molecular flexibility index (Phi) is 5.22. The lowest BCUT2D eigenvalue weighted by molar-refractivity contribution is 0.396. The van der Waals surface area contributed by atoms with E-state index in [0.717, 1.165) is 35.8 Å². The number of aryl methyl sites for hydroxylation is 3. The predicted octanol–water partition coefficient (Wildman–Crippen LogP) is 3.54. The van der Waals surface area contributed by atoms with Crippen molar-refractivity contribution in [1.29, 1.82) is 0 Å². The van der Waals surface area contributed by atoms with E-state index in [1.807, 2.05) is 26.0 Å². The van der Waals surface area contributed by atoms with Gasteiger partial charge in [-0.2, -0.15) is 4.31 Å². The molecule has 0 aliphatic carbocycles. The summed E-state index contributed by atoms with van der Waals surface area (Å²) in [5.74, 6) is 0. The van der Waals surface area contributed by atoms with Crippen molar-refractivity contribution in [3.8, 4) is 0 Å². The molecule has 27 heavy (non-hydrogen) atoms. The number of nitrogens with zero attached hydrogens (tertiary/aromatic N) is 1. The lowest BCUT2D eigenvalue weighted by Crippen LogP contribution is -2.31. The molecular weight excluding hydrogens is 382 g/mol. The van der Waals surface area contributed by atoms with Crippen LogP contribution in [0.3, 0.4) is 0 Å². The molecule has 0 bridgehead atoms. The van der Waals surface area contributed by atoms with Gasteiger partial charge in [-0.25, -0.2) is 16.8 Å². The first-order chi connectivity index (χ1) is 12.5. The summed E-state index contributed by atoms with van der Waals surface area (Å²) in [6.07, 6.45) is 2.62. The molecule has 1 saturated heterocycles. The maximum absolute atomic E-state index is 13.4. The van der Waals surface area contributed by atoms with E-state index in [1.54, 1.807) is 13.0 Å². The molecule has 2 aromatic carbocycles. The molecular formula is C20H25NO4S2. The Bertz CT molecular complexity index is 1070. The summed E-state index contributed by atoms with van der Waals surface area (Å²) in [7, 11) is -7.29. The van der Waals surface area contributed by atoms with Gasteiger partial charge in [-0.3, -0.25) is 0 Å². The van der Waals surface area contributed by atoms with Crippen molar-refractivity contribution in [3.63, 3.8) is 0 Å². The smallest absolute Gasteiger partial charge is 0.224 e. The first-order valence-electron chi connectivity index (χ1n) is 8.91. The van der Waals surface area contributed by atoms with Gasteiger partial charge in [-0.1, -0.05) is 35.4 Å². The van der Waals surface area contributed by atoms with E-state index in [-0.39, 0.29) is 15.8 Å². The van der Waals surface area contributed by atoms with E-state index in [0.29, 0.717) is 12.1 Å². The zero-order chi connectivity index (χ0) is 20.0. The summed E-state index contributed by atoms with van der Waals surface area (Å²) in [5, 5.41) is 0. The highest BCUT2D eigenvalue weighted by molar-refractivity contribution is 7.91. The molecule has 0 saturated carbocycles. The van der Waals surface area contributed by atoms with E-state index in [1.165, 1.54) is 16.4 Å². The van der Waals surface area contributed by atoms with Crippen molar-refractivity contribution < 1.29 is 16.8 Å². The maximum Gasteiger partial charge on any atom is 0.243 e. The molecule has 2 aromatic rings. The molecule has 0 aromatic heterocycles. The van der Waals surface area contributed by atoms with Gasteiger partial charge in [0.05, 0.1) is 15.8 Å². The van der Waals surface area contributed by atoms with Crippen LogP contribution in [0.4, 0.5) is 0 Å². The van der Waals surface area contributed by atoms with Crippen LogP contribution < -0.4 is 0 Å². The number of hydrogen-bond donors (Lipinski definition) is 0. The van der Waals surface area contributed by atoms with E-state index in [2.05, 4.69) is 6.07 Å². The Hall–Kier alpha value is -1.70. The second-order valence-corrected chi connectivity index (χ2v) is 11.3. The van der Waals surface area contributed by atoms with Gasteiger partial charge in [0.25, 0.3) is 0 Å². The van der Waals surface area contributed by atoms with Crippen LogP contribution in [0.2, 0.25) is 0 Å². The Balaban J connectivity index is 2.09. The van der Waals surface area contributed by atoms with Crippen LogP contribution in [-0.4, -0.2) is 33.9 Å². The summed E-state index contributed by atoms with van der Waals surface area (Å²) >= 11 is 0. The molecule has 146 valence electrons. The van der Waals surface area contributed by atoms with Crippen molar-refractivity contribution in [1.82, 2.24) is 4.31 Å². The molecule has 3 rings (SSSR count). The molecule has 1 aliphatic rings. The van der Waals surface area contributed by atoms with Crippen LogP contribution >= 0.6 is 0 Å². The molecule has 1 unspecified atom stereocenters. The Labute approximate surface area is 162 Å². The average molecular weight is 408 g/mol. The predicted molar refractivity (Wildman–Crippen MR) is 106 cm³/mol. The maximum atomic E-state index is 13.4. The molecule has 1 aliphatic heterocycles. The van der Waals surface area contributed by atoms with Crippen LogP contribution in [0.25, 0.3) is 0 Å². The third-order valence-corrected chi connectivity index (χ3v) is 8.17. The minimum atomic E-state index is -3.81. The fourth-order valence-corrected chi connectivity index (χ4v) is 6.44. The van der Waals surface area contributed by atoms with Crippen molar-refractivity contribution in [2.45, 2.75) is 49.4 Å². The highest BCUT2D eigenvalue weighted by Gasteiger charge is 2.37. The van der Waals surface area contributed by atoms with Gasteiger partial charge in [-0.15, -0.1) is 0 Å². The van der Waals surface area contributed by atoms with Crippen molar-refractivity contribution >= 4 is 19.9 Å². The second kappa shape index (κ2) is 7.04. The van der Waals surface area contributed by atoms with Gasteiger partial charge in [-0.05, 0) is 56.9 Å². The Morgan fingerprint density at radius 1 is 0.926 bits per heavy atom. The van der Waals surface area contributed by atoms with Gasteiger partial charge in [0, 0.05) is 12.8 Å². The lowest BCUT2D eigenvalue weighted by atomic mass is 10.0. The summed E-state index contributed by atoms with van der Waals surface area (Å²) < 4.78 is 52.2. The SMILES string of the molecule is Cc1cc(C)cc(C2CCCN2S(=O)(=O)c2cc(S(C)(=O)=O)ccc2C)c1. The largest absolute Gasteiger partial charge is 0.243 e. The molecule has 0 amide bonds.